The van der Waals surface area contributed by atoms with Crippen LogP contribution in [0.4, 0.5) is 0 Å². The minimum Gasteiger partial charge on any atom is -0.357 e. The topological polar surface area (TPSA) is 73.8 Å². The Balaban J connectivity index is 0.00000576. The Morgan fingerprint density at radius 1 is 1.20 bits per heavy atom. The summed E-state index contributed by atoms with van der Waals surface area (Å²) in [6.45, 7) is 14.3. The molecule has 0 bridgehead atoms. The van der Waals surface area contributed by atoms with E-state index in [1.807, 2.05) is 6.92 Å². The number of sulfone groups is 1. The van der Waals surface area contributed by atoms with Crippen LogP contribution in [0.2, 0.25) is 0 Å². The normalized spacial score (nSPS) is 20.2. The molecule has 25 heavy (non-hydrogen) atoms. The molecule has 0 saturated carbocycles. The van der Waals surface area contributed by atoms with E-state index in [0.29, 0.717) is 24.4 Å². The minimum atomic E-state index is -2.82. The molecule has 1 unspecified atom stereocenters. The van der Waals surface area contributed by atoms with E-state index in [1.165, 1.54) is 0 Å². The number of hydrogen-bond acceptors (Lipinski definition) is 4. The Labute approximate surface area is 171 Å². The number of hydrogen-bond donors (Lipinski definition) is 2. The summed E-state index contributed by atoms with van der Waals surface area (Å²) in [4.78, 5) is 7.05. The number of guanidine groups is 1. The predicted molar refractivity (Wildman–Crippen MR) is 118 cm³/mol. The van der Waals surface area contributed by atoms with Crippen molar-refractivity contribution >= 4 is 39.8 Å². The van der Waals surface area contributed by atoms with Gasteiger partial charge in [-0.05, 0) is 53.4 Å². The van der Waals surface area contributed by atoms with Gasteiger partial charge in [0.1, 0.15) is 0 Å². The molecule has 0 aromatic carbocycles. The van der Waals surface area contributed by atoms with E-state index in [1.54, 1.807) is 0 Å². The molecular weight excluding hydrogens is 451 g/mol. The molecule has 1 atom stereocenters. The first-order valence-corrected chi connectivity index (χ1v) is 11.1. The molecule has 0 spiro atoms. The summed E-state index contributed by atoms with van der Waals surface area (Å²) in [5, 5.41) is 6.60. The Morgan fingerprint density at radius 2 is 1.84 bits per heavy atom. The van der Waals surface area contributed by atoms with Crippen molar-refractivity contribution in [2.75, 3.05) is 37.7 Å². The molecule has 0 aromatic rings. The third-order valence-corrected chi connectivity index (χ3v) is 6.23. The van der Waals surface area contributed by atoms with Crippen molar-refractivity contribution in [2.24, 2.45) is 10.9 Å². The van der Waals surface area contributed by atoms with Gasteiger partial charge in [0, 0.05) is 38.3 Å². The lowest BCUT2D eigenvalue weighted by Crippen LogP contribution is -2.41. The molecule has 1 fully saturated rings. The zero-order valence-electron chi connectivity index (χ0n) is 16.4. The van der Waals surface area contributed by atoms with Crippen molar-refractivity contribution in [1.82, 2.24) is 15.5 Å². The smallest absolute Gasteiger partial charge is 0.191 e. The molecule has 0 aromatic heterocycles. The molecule has 6 nitrogen and oxygen atoms in total. The maximum atomic E-state index is 11.5. The highest BCUT2D eigenvalue weighted by atomic mass is 127. The van der Waals surface area contributed by atoms with Gasteiger partial charge < -0.3 is 10.6 Å². The molecule has 1 heterocycles. The molecule has 1 aliphatic heterocycles. The molecule has 0 radical (unpaired) electrons. The monoisotopic (exact) mass is 488 g/mol. The maximum absolute atomic E-state index is 11.5. The summed E-state index contributed by atoms with van der Waals surface area (Å²) < 4.78 is 23.0. The third-order valence-electron chi connectivity index (χ3n) is 4.39. The van der Waals surface area contributed by atoms with Gasteiger partial charge in [-0.1, -0.05) is 0 Å². The van der Waals surface area contributed by atoms with Gasteiger partial charge >= 0.3 is 0 Å². The average molecular weight is 488 g/mol. The Bertz CT molecular complexity index is 487. The second kappa shape index (κ2) is 12.3. The quantitative estimate of drug-likeness (QED) is 0.225. The Morgan fingerprint density at radius 3 is 2.32 bits per heavy atom. The van der Waals surface area contributed by atoms with Gasteiger partial charge in [-0.15, -0.1) is 24.0 Å². The number of nitrogens with one attached hydrogen (secondary N) is 2. The second-order valence-electron chi connectivity index (χ2n) is 7.19. The average Bonchev–Trinajstić information content (AvgIpc) is 2.82. The standard InChI is InChI=1S/C17H36N4O2S.HI/c1-6-18-17(20-12-16-8-11-24(22,23)13-16)19-9-7-10-21(14(2)3)15(4)5;/h14-16H,6-13H2,1-5H3,(H2,18,19,20);1H. The van der Waals surface area contributed by atoms with Crippen molar-refractivity contribution in [3.05, 3.63) is 0 Å². The van der Waals surface area contributed by atoms with Crippen molar-refractivity contribution in [3.63, 3.8) is 0 Å². The molecular formula is C17H37IN4O2S. The first kappa shape index (κ1) is 24.9. The van der Waals surface area contributed by atoms with E-state index in [2.05, 4.69) is 48.2 Å². The zero-order valence-corrected chi connectivity index (χ0v) is 19.6. The molecule has 2 N–H and O–H groups in total. The highest BCUT2D eigenvalue weighted by Gasteiger charge is 2.27. The van der Waals surface area contributed by atoms with Crippen LogP contribution in [0.25, 0.3) is 0 Å². The SMILES string of the molecule is CCNC(=NCC1CCS(=O)(=O)C1)NCCCN(C(C)C)C(C)C.I. The van der Waals surface area contributed by atoms with E-state index < -0.39 is 9.84 Å². The van der Waals surface area contributed by atoms with Crippen molar-refractivity contribution < 1.29 is 8.42 Å². The van der Waals surface area contributed by atoms with Crippen LogP contribution in [-0.2, 0) is 9.84 Å². The van der Waals surface area contributed by atoms with Gasteiger partial charge in [0.15, 0.2) is 15.8 Å². The van der Waals surface area contributed by atoms with Crippen LogP contribution in [0, 0.1) is 5.92 Å². The lowest BCUT2D eigenvalue weighted by molar-refractivity contribution is 0.173. The molecule has 8 heteroatoms. The number of rotatable bonds is 9. The number of halogens is 1. The maximum Gasteiger partial charge on any atom is 0.191 e. The minimum absolute atomic E-state index is 0. The lowest BCUT2D eigenvalue weighted by atomic mass is 10.1. The van der Waals surface area contributed by atoms with E-state index >= 15 is 0 Å². The van der Waals surface area contributed by atoms with Gasteiger partial charge in [0.2, 0.25) is 0 Å². The summed E-state index contributed by atoms with van der Waals surface area (Å²) in [6, 6.07) is 1.10. The molecule has 150 valence electrons. The van der Waals surface area contributed by atoms with Crippen molar-refractivity contribution in [3.8, 4) is 0 Å². The molecule has 0 amide bonds. The van der Waals surface area contributed by atoms with Gasteiger partial charge in [0.05, 0.1) is 11.5 Å². The van der Waals surface area contributed by atoms with Crippen LogP contribution in [0.1, 0.15) is 47.5 Å². The van der Waals surface area contributed by atoms with Crippen LogP contribution >= 0.6 is 24.0 Å². The fourth-order valence-corrected chi connectivity index (χ4v) is 5.01. The Hall–Kier alpha value is -0.0900. The predicted octanol–water partition coefficient (Wildman–Crippen LogP) is 2.10. The van der Waals surface area contributed by atoms with Gasteiger partial charge in [0.25, 0.3) is 0 Å². The molecule has 1 rings (SSSR count). The fourth-order valence-electron chi connectivity index (χ4n) is 3.16. The fraction of sp³-hybridized carbons (Fsp3) is 0.941. The van der Waals surface area contributed by atoms with Crippen LogP contribution in [0.5, 0.6) is 0 Å². The Kier molecular flexibility index (Phi) is 12.3. The van der Waals surface area contributed by atoms with Crippen molar-refractivity contribution in [1.29, 1.82) is 0 Å². The van der Waals surface area contributed by atoms with Crippen molar-refractivity contribution in [2.45, 2.75) is 59.5 Å². The third kappa shape index (κ3) is 9.98. The van der Waals surface area contributed by atoms with Gasteiger partial charge in [-0.25, -0.2) is 8.42 Å². The highest BCUT2D eigenvalue weighted by molar-refractivity contribution is 14.0. The summed E-state index contributed by atoms with van der Waals surface area (Å²) in [5.41, 5.74) is 0. The van der Waals surface area contributed by atoms with E-state index in [9.17, 15) is 8.42 Å². The van der Waals surface area contributed by atoms with E-state index in [-0.39, 0.29) is 35.6 Å². The van der Waals surface area contributed by atoms with Crippen LogP contribution < -0.4 is 10.6 Å². The summed E-state index contributed by atoms with van der Waals surface area (Å²) >= 11 is 0. The van der Waals surface area contributed by atoms with Crippen LogP contribution in [-0.4, -0.2) is 69.0 Å². The highest BCUT2D eigenvalue weighted by Crippen LogP contribution is 2.18. The lowest BCUT2D eigenvalue weighted by Gasteiger charge is -2.30. The van der Waals surface area contributed by atoms with E-state index in [0.717, 1.165) is 38.4 Å². The van der Waals surface area contributed by atoms with E-state index in [4.69, 9.17) is 0 Å². The summed E-state index contributed by atoms with van der Waals surface area (Å²) in [6.07, 6.45) is 1.79. The first-order chi connectivity index (χ1) is 11.2. The summed E-state index contributed by atoms with van der Waals surface area (Å²) in [7, 11) is -2.82. The largest absolute Gasteiger partial charge is 0.357 e. The summed E-state index contributed by atoms with van der Waals surface area (Å²) in [5.74, 6) is 1.57. The molecule has 1 saturated heterocycles. The number of nitrogens with zero attached hydrogens (tertiary/aromatic N) is 2. The second-order valence-corrected chi connectivity index (χ2v) is 9.42. The van der Waals surface area contributed by atoms with Gasteiger partial charge in [-0.2, -0.15) is 0 Å². The molecule has 1 aliphatic rings. The zero-order chi connectivity index (χ0) is 18.2. The first-order valence-electron chi connectivity index (χ1n) is 9.23. The van der Waals surface area contributed by atoms with Crippen LogP contribution in [0.3, 0.4) is 0 Å². The van der Waals surface area contributed by atoms with Gasteiger partial charge in [-0.3, -0.25) is 9.89 Å². The molecule has 0 aliphatic carbocycles. The number of aliphatic imine (C=N–C) groups is 1. The van der Waals surface area contributed by atoms with Crippen LogP contribution in [0.15, 0.2) is 4.99 Å².